The molecule has 0 unspecified atom stereocenters. The maximum atomic E-state index is 10.8. The van der Waals surface area contributed by atoms with Crippen LogP contribution in [0.25, 0.3) is 0 Å². The van der Waals surface area contributed by atoms with Gasteiger partial charge in [0.2, 0.25) is 0 Å². The fraction of sp³-hybridized carbons (Fsp3) is 0.846. The Hall–Kier alpha value is 1.24. The first-order chi connectivity index (χ1) is 7.15. The van der Waals surface area contributed by atoms with Crippen LogP contribution < -0.4 is 56.5 Å². The van der Waals surface area contributed by atoms with Gasteiger partial charge in [-0.05, 0) is 26.2 Å². The number of rotatable bonds is 3. The van der Waals surface area contributed by atoms with E-state index in [0.29, 0.717) is 5.76 Å². The van der Waals surface area contributed by atoms with Crippen LogP contribution >= 0.6 is 0 Å². The summed E-state index contributed by atoms with van der Waals surface area (Å²) in [7, 11) is 0. The first-order valence-corrected chi connectivity index (χ1v) is 6.51. The average Bonchev–Trinajstić information content (AvgIpc) is 2.26. The molecule has 0 saturated heterocycles. The minimum atomic E-state index is 0. The predicted molar refractivity (Wildman–Crippen MR) is 68.4 cm³/mol. The van der Waals surface area contributed by atoms with Crippen LogP contribution in [-0.2, 0) is 0 Å². The second-order valence-corrected chi connectivity index (χ2v) is 4.50. The van der Waals surface area contributed by atoms with Gasteiger partial charge in [-0.1, -0.05) is 51.7 Å². The molecule has 0 aromatic carbocycles. The summed E-state index contributed by atoms with van der Waals surface area (Å²) in [6.07, 6.45) is 8.23. The van der Waals surface area contributed by atoms with Crippen molar-refractivity contribution >= 4 is 6.71 Å². The Morgan fingerprint density at radius 3 is 1.62 bits per heavy atom. The van der Waals surface area contributed by atoms with E-state index < -0.39 is 0 Å². The van der Waals surface area contributed by atoms with Crippen LogP contribution in [0.15, 0.2) is 11.3 Å². The third kappa shape index (κ3) is 9.29. The van der Waals surface area contributed by atoms with E-state index in [-0.39, 0.29) is 51.4 Å². The van der Waals surface area contributed by atoms with Crippen molar-refractivity contribution in [3.63, 3.8) is 0 Å². The minimum absolute atomic E-state index is 0. The van der Waals surface area contributed by atoms with Crippen LogP contribution in [0.5, 0.6) is 0 Å². The zero-order valence-electron chi connectivity index (χ0n) is 11.9. The van der Waals surface area contributed by atoms with E-state index in [0.717, 1.165) is 31.5 Å². The van der Waals surface area contributed by atoms with Crippen molar-refractivity contribution in [2.45, 2.75) is 72.3 Å². The summed E-state index contributed by atoms with van der Waals surface area (Å²) >= 11 is 0. The van der Waals surface area contributed by atoms with Gasteiger partial charge in [-0.25, -0.2) is 0 Å². The van der Waals surface area contributed by atoms with Crippen molar-refractivity contribution in [2.75, 3.05) is 0 Å². The Balaban J connectivity index is 0. The van der Waals surface area contributed by atoms with E-state index in [4.69, 9.17) is 0 Å². The van der Waals surface area contributed by atoms with Crippen molar-refractivity contribution < 1.29 is 56.5 Å². The molecule has 0 spiro atoms. The molecule has 0 bridgehead atoms. The molecule has 0 aromatic heterocycles. The summed E-state index contributed by atoms with van der Waals surface area (Å²) in [5.74, 6) is 0.385. The monoisotopic (exact) mass is 248 g/mol. The van der Waals surface area contributed by atoms with Crippen LogP contribution in [0.3, 0.4) is 0 Å². The van der Waals surface area contributed by atoms with Gasteiger partial charge < -0.3 is 5.11 Å². The molecule has 0 saturated carbocycles. The molecule has 16 heavy (non-hydrogen) atoms. The molecule has 0 atom stereocenters. The van der Waals surface area contributed by atoms with Crippen molar-refractivity contribution in [3.05, 3.63) is 11.3 Å². The van der Waals surface area contributed by atoms with Crippen molar-refractivity contribution in [1.29, 1.82) is 0 Å². The standard InChI is InChI=1S/C7H12O.C6H15B.K/c1-6-4-2-3-5-7(6)8;1-4-7(5-2)6-3;/h8H,2-5H2,1H3;4-6H2,1-3H3;/q;;+1/p-1. The summed E-state index contributed by atoms with van der Waals surface area (Å²) in [6, 6.07) is 0. The van der Waals surface area contributed by atoms with Gasteiger partial charge in [0.15, 0.2) is 0 Å². The van der Waals surface area contributed by atoms with Gasteiger partial charge in [-0.15, -0.1) is 5.76 Å². The van der Waals surface area contributed by atoms with Gasteiger partial charge in [0, 0.05) is 0 Å². The quantitative estimate of drug-likeness (QED) is 0.676. The van der Waals surface area contributed by atoms with Crippen LogP contribution in [0.4, 0.5) is 0 Å². The van der Waals surface area contributed by atoms with E-state index in [1.54, 1.807) is 0 Å². The second kappa shape index (κ2) is 12.7. The van der Waals surface area contributed by atoms with Crippen molar-refractivity contribution in [3.8, 4) is 0 Å². The molecule has 0 aromatic rings. The fourth-order valence-corrected chi connectivity index (χ4v) is 1.89. The third-order valence-corrected chi connectivity index (χ3v) is 3.41. The van der Waals surface area contributed by atoms with Gasteiger partial charge in [-0.3, -0.25) is 0 Å². The van der Waals surface area contributed by atoms with E-state index in [2.05, 4.69) is 20.8 Å². The molecule has 1 aliphatic rings. The maximum absolute atomic E-state index is 10.8. The molecular weight excluding hydrogens is 222 g/mol. The Morgan fingerprint density at radius 1 is 1.00 bits per heavy atom. The minimum Gasteiger partial charge on any atom is -0.875 e. The van der Waals surface area contributed by atoms with Gasteiger partial charge >= 0.3 is 51.4 Å². The molecule has 0 N–H and O–H groups in total. The summed E-state index contributed by atoms with van der Waals surface area (Å²) < 4.78 is 0. The second-order valence-electron chi connectivity index (χ2n) is 4.50. The van der Waals surface area contributed by atoms with Crippen LogP contribution in [0.1, 0.15) is 53.4 Å². The Kier molecular flexibility index (Phi) is 15.5. The van der Waals surface area contributed by atoms with Gasteiger partial charge in [-0.2, -0.15) is 0 Å². The average molecular weight is 248 g/mol. The maximum Gasteiger partial charge on any atom is 1.00 e. The largest absolute Gasteiger partial charge is 1.00 e. The molecule has 3 heteroatoms. The molecule has 88 valence electrons. The summed E-state index contributed by atoms with van der Waals surface area (Å²) in [5.41, 5.74) is 1.08. The topological polar surface area (TPSA) is 23.1 Å². The Bertz CT molecular complexity index is 169. The van der Waals surface area contributed by atoms with Crippen molar-refractivity contribution in [1.82, 2.24) is 0 Å². The van der Waals surface area contributed by atoms with E-state index in [1.165, 1.54) is 25.4 Å². The third-order valence-electron chi connectivity index (χ3n) is 3.41. The predicted octanol–water partition coefficient (Wildman–Crippen LogP) is 0.740. The summed E-state index contributed by atoms with van der Waals surface area (Å²) in [4.78, 5) is 0. The Labute approximate surface area is 145 Å². The normalized spacial score (nSPS) is 14.8. The van der Waals surface area contributed by atoms with Gasteiger partial charge in [0.25, 0.3) is 0 Å². The van der Waals surface area contributed by atoms with E-state index in [1.807, 2.05) is 6.92 Å². The molecule has 1 aliphatic carbocycles. The SMILES string of the molecule is CC1=C([O-])CCCC1.CCB(CC)CC.[K+]. The van der Waals surface area contributed by atoms with E-state index in [9.17, 15) is 5.11 Å². The molecule has 0 aliphatic heterocycles. The number of hydrogen-bond acceptors (Lipinski definition) is 1. The van der Waals surface area contributed by atoms with Crippen molar-refractivity contribution in [2.24, 2.45) is 0 Å². The summed E-state index contributed by atoms with van der Waals surface area (Å²) in [5, 5.41) is 10.8. The van der Waals surface area contributed by atoms with E-state index >= 15 is 0 Å². The molecule has 1 nitrogen and oxygen atoms in total. The first kappa shape index (κ1) is 19.6. The zero-order chi connectivity index (χ0) is 11.7. The molecule has 0 fully saturated rings. The number of allylic oxidation sites excluding steroid dienone is 2. The zero-order valence-corrected chi connectivity index (χ0v) is 15.1. The smallest absolute Gasteiger partial charge is 0.875 e. The fourth-order valence-electron chi connectivity index (χ4n) is 1.89. The molecular formula is C13H26BKO. The Morgan fingerprint density at radius 2 is 1.44 bits per heavy atom. The number of hydrogen-bond donors (Lipinski definition) is 0. The van der Waals surface area contributed by atoms with Crippen LogP contribution in [0.2, 0.25) is 19.0 Å². The van der Waals surface area contributed by atoms with Gasteiger partial charge in [0.1, 0.15) is 6.71 Å². The summed E-state index contributed by atoms with van der Waals surface area (Å²) in [6.45, 7) is 9.72. The van der Waals surface area contributed by atoms with Gasteiger partial charge in [0.05, 0.1) is 0 Å². The molecule has 1 rings (SSSR count). The molecule has 0 amide bonds. The first-order valence-electron chi connectivity index (χ1n) is 6.51. The van der Waals surface area contributed by atoms with Crippen LogP contribution in [-0.4, -0.2) is 6.71 Å². The molecule has 0 radical (unpaired) electrons. The van der Waals surface area contributed by atoms with Crippen LogP contribution in [0, 0.1) is 0 Å². The molecule has 0 heterocycles.